The zero-order valence-corrected chi connectivity index (χ0v) is 13.6. The zero-order chi connectivity index (χ0) is 16.4. The lowest BCUT2D eigenvalue weighted by atomic mass is 10.1. The van der Waals surface area contributed by atoms with E-state index in [-0.39, 0.29) is 17.9 Å². The molecule has 0 radical (unpaired) electrons. The summed E-state index contributed by atoms with van der Waals surface area (Å²) in [6.07, 6.45) is 0.314. The average molecular weight is 307 g/mol. The van der Waals surface area contributed by atoms with Crippen molar-refractivity contribution >= 4 is 11.9 Å². The molecule has 0 saturated carbocycles. The van der Waals surface area contributed by atoms with Crippen molar-refractivity contribution in [1.82, 2.24) is 4.90 Å². The molecule has 0 fully saturated rings. The second-order valence-electron chi connectivity index (χ2n) is 5.20. The van der Waals surface area contributed by atoms with E-state index in [0.29, 0.717) is 32.7 Å². The minimum Gasteiger partial charge on any atom is -0.469 e. The molecule has 5 nitrogen and oxygen atoms in total. The van der Waals surface area contributed by atoms with Crippen molar-refractivity contribution < 1.29 is 19.1 Å². The second kappa shape index (κ2) is 9.95. The predicted octanol–water partition coefficient (Wildman–Crippen LogP) is 2.25. The molecule has 0 saturated heterocycles. The van der Waals surface area contributed by atoms with Crippen molar-refractivity contribution in [3.05, 3.63) is 35.9 Å². The van der Waals surface area contributed by atoms with E-state index in [4.69, 9.17) is 9.47 Å². The van der Waals surface area contributed by atoms with Gasteiger partial charge in [-0.1, -0.05) is 37.3 Å². The van der Waals surface area contributed by atoms with E-state index in [0.717, 1.165) is 5.56 Å². The standard InChI is InChI=1S/C17H25NO4/c1-4-22-16(19)10-11-18(12-14(2)17(20)21-3)13-15-8-6-5-7-9-15/h5-9,14H,4,10-13H2,1-3H3/t14-/m1/s1. The van der Waals surface area contributed by atoms with Crippen LogP contribution in [0.5, 0.6) is 0 Å². The summed E-state index contributed by atoms with van der Waals surface area (Å²) in [5.74, 6) is -0.698. The number of rotatable bonds is 9. The monoisotopic (exact) mass is 307 g/mol. The summed E-state index contributed by atoms with van der Waals surface area (Å²) in [5, 5.41) is 0. The average Bonchev–Trinajstić information content (AvgIpc) is 2.53. The molecule has 0 spiro atoms. The van der Waals surface area contributed by atoms with Crippen LogP contribution in [0, 0.1) is 5.92 Å². The van der Waals surface area contributed by atoms with E-state index in [1.165, 1.54) is 7.11 Å². The summed E-state index contributed by atoms with van der Waals surface area (Å²) < 4.78 is 9.73. The van der Waals surface area contributed by atoms with E-state index in [2.05, 4.69) is 4.90 Å². The molecule has 0 aliphatic rings. The Morgan fingerprint density at radius 1 is 1.23 bits per heavy atom. The van der Waals surface area contributed by atoms with Gasteiger partial charge in [0, 0.05) is 19.6 Å². The molecule has 22 heavy (non-hydrogen) atoms. The number of benzene rings is 1. The van der Waals surface area contributed by atoms with Gasteiger partial charge in [0.15, 0.2) is 0 Å². The van der Waals surface area contributed by atoms with Gasteiger partial charge in [0.25, 0.3) is 0 Å². The van der Waals surface area contributed by atoms with Gasteiger partial charge < -0.3 is 9.47 Å². The maximum absolute atomic E-state index is 11.6. The smallest absolute Gasteiger partial charge is 0.309 e. The summed E-state index contributed by atoms with van der Waals surface area (Å²) in [6, 6.07) is 9.97. The molecular formula is C17H25NO4. The van der Waals surface area contributed by atoms with Gasteiger partial charge in [0.2, 0.25) is 0 Å². The van der Waals surface area contributed by atoms with Crippen LogP contribution < -0.4 is 0 Å². The summed E-state index contributed by atoms with van der Waals surface area (Å²) in [7, 11) is 1.39. The third-order valence-electron chi connectivity index (χ3n) is 3.32. The lowest BCUT2D eigenvalue weighted by Crippen LogP contribution is -2.33. The van der Waals surface area contributed by atoms with Crippen LogP contribution in [0.15, 0.2) is 30.3 Å². The van der Waals surface area contributed by atoms with E-state index >= 15 is 0 Å². The van der Waals surface area contributed by atoms with Crippen molar-refractivity contribution in [2.75, 3.05) is 26.8 Å². The molecule has 1 aromatic rings. The van der Waals surface area contributed by atoms with Crippen LogP contribution >= 0.6 is 0 Å². The number of esters is 2. The normalized spacial score (nSPS) is 12.0. The minimum absolute atomic E-state index is 0.216. The van der Waals surface area contributed by atoms with Crippen molar-refractivity contribution in [3.63, 3.8) is 0 Å². The molecule has 0 N–H and O–H groups in total. The van der Waals surface area contributed by atoms with Crippen LogP contribution in [-0.4, -0.2) is 43.6 Å². The van der Waals surface area contributed by atoms with Crippen molar-refractivity contribution in [2.45, 2.75) is 26.8 Å². The molecule has 122 valence electrons. The first-order valence-corrected chi connectivity index (χ1v) is 7.56. The molecule has 1 atom stereocenters. The molecule has 0 aromatic heterocycles. The Hall–Kier alpha value is -1.88. The van der Waals surface area contributed by atoms with Gasteiger partial charge in [-0.3, -0.25) is 14.5 Å². The van der Waals surface area contributed by atoms with Gasteiger partial charge in [-0.25, -0.2) is 0 Å². The van der Waals surface area contributed by atoms with Crippen molar-refractivity contribution in [3.8, 4) is 0 Å². The molecule has 0 amide bonds. The minimum atomic E-state index is -0.241. The summed E-state index contributed by atoms with van der Waals surface area (Å²) >= 11 is 0. The fourth-order valence-electron chi connectivity index (χ4n) is 2.22. The Balaban J connectivity index is 2.63. The fourth-order valence-corrected chi connectivity index (χ4v) is 2.22. The maximum atomic E-state index is 11.6. The lowest BCUT2D eigenvalue weighted by molar-refractivity contribution is -0.145. The number of nitrogens with zero attached hydrogens (tertiary/aromatic N) is 1. The fraction of sp³-hybridized carbons (Fsp3) is 0.529. The van der Waals surface area contributed by atoms with Gasteiger partial charge in [0.05, 0.1) is 26.1 Å². The lowest BCUT2D eigenvalue weighted by Gasteiger charge is -2.24. The van der Waals surface area contributed by atoms with Crippen LogP contribution in [0.2, 0.25) is 0 Å². The Kier molecular flexibility index (Phi) is 8.22. The number of ether oxygens (including phenoxy) is 2. The van der Waals surface area contributed by atoms with Gasteiger partial charge in [-0.05, 0) is 12.5 Å². The first kappa shape index (κ1) is 18.2. The topological polar surface area (TPSA) is 55.8 Å². The van der Waals surface area contributed by atoms with Gasteiger partial charge in [-0.2, -0.15) is 0 Å². The zero-order valence-electron chi connectivity index (χ0n) is 13.6. The van der Waals surface area contributed by atoms with E-state index in [1.807, 2.05) is 37.3 Å². The molecule has 0 bridgehead atoms. The third kappa shape index (κ3) is 6.72. The number of methoxy groups -OCH3 is 1. The molecule has 5 heteroatoms. The number of hydrogen-bond acceptors (Lipinski definition) is 5. The first-order valence-electron chi connectivity index (χ1n) is 7.56. The summed E-state index contributed by atoms with van der Waals surface area (Å²) in [5.41, 5.74) is 1.14. The molecule has 1 rings (SSSR count). The largest absolute Gasteiger partial charge is 0.469 e. The first-order chi connectivity index (χ1) is 10.6. The van der Waals surface area contributed by atoms with Crippen LogP contribution in [-0.2, 0) is 25.6 Å². The Bertz CT molecular complexity index is 461. The summed E-state index contributed by atoms with van der Waals surface area (Å²) in [4.78, 5) is 25.2. The van der Waals surface area contributed by atoms with Crippen molar-refractivity contribution in [2.24, 2.45) is 5.92 Å². The SMILES string of the molecule is CCOC(=O)CCN(Cc1ccccc1)C[C@@H](C)C(=O)OC. The highest BCUT2D eigenvalue weighted by atomic mass is 16.5. The molecule has 0 aliphatic heterocycles. The van der Waals surface area contributed by atoms with Gasteiger partial charge >= 0.3 is 11.9 Å². The highest BCUT2D eigenvalue weighted by Gasteiger charge is 2.18. The van der Waals surface area contributed by atoms with Gasteiger partial charge in [-0.15, -0.1) is 0 Å². The van der Waals surface area contributed by atoms with E-state index in [9.17, 15) is 9.59 Å². The maximum Gasteiger partial charge on any atom is 0.309 e. The number of carbonyl (C=O) groups excluding carboxylic acids is 2. The van der Waals surface area contributed by atoms with Gasteiger partial charge in [0.1, 0.15) is 0 Å². The van der Waals surface area contributed by atoms with Crippen LogP contribution in [0.1, 0.15) is 25.8 Å². The summed E-state index contributed by atoms with van der Waals surface area (Å²) in [6.45, 7) is 5.78. The van der Waals surface area contributed by atoms with E-state index in [1.54, 1.807) is 6.92 Å². The number of carbonyl (C=O) groups is 2. The number of hydrogen-bond donors (Lipinski definition) is 0. The molecular weight excluding hydrogens is 282 g/mol. The Morgan fingerprint density at radius 3 is 2.50 bits per heavy atom. The Morgan fingerprint density at radius 2 is 1.91 bits per heavy atom. The molecule has 1 aromatic carbocycles. The molecule has 0 aliphatic carbocycles. The highest BCUT2D eigenvalue weighted by Crippen LogP contribution is 2.09. The second-order valence-corrected chi connectivity index (χ2v) is 5.20. The van der Waals surface area contributed by atoms with Crippen LogP contribution in [0.4, 0.5) is 0 Å². The van der Waals surface area contributed by atoms with E-state index < -0.39 is 0 Å². The van der Waals surface area contributed by atoms with Crippen LogP contribution in [0.3, 0.4) is 0 Å². The van der Waals surface area contributed by atoms with Crippen LogP contribution in [0.25, 0.3) is 0 Å². The quantitative estimate of drug-likeness (QED) is 0.655. The third-order valence-corrected chi connectivity index (χ3v) is 3.32. The Labute approximate surface area is 132 Å². The van der Waals surface area contributed by atoms with Crippen molar-refractivity contribution in [1.29, 1.82) is 0 Å². The molecule has 0 unspecified atom stereocenters. The molecule has 0 heterocycles. The predicted molar refractivity (Wildman–Crippen MR) is 84.1 cm³/mol. The highest BCUT2D eigenvalue weighted by molar-refractivity contribution is 5.72.